The summed E-state index contributed by atoms with van der Waals surface area (Å²) in [5.41, 5.74) is 5.46. The maximum absolute atomic E-state index is 11.7. The number of nitrogens with two attached hydrogens (primary N) is 1. The molecule has 0 saturated carbocycles. The van der Waals surface area contributed by atoms with E-state index in [1.54, 1.807) is 6.92 Å². The molecule has 5 nitrogen and oxygen atoms in total. The Bertz CT molecular complexity index is 366. The zero-order chi connectivity index (χ0) is 13.5. The van der Waals surface area contributed by atoms with Gasteiger partial charge in [0.05, 0.1) is 16.7 Å². The molecule has 0 heterocycles. The second kappa shape index (κ2) is 7.60. The fraction of sp³-hybridized carbons (Fsp3) is 0.800. The Morgan fingerprint density at radius 2 is 2.00 bits per heavy atom. The monoisotopic (exact) mass is 280 g/mol. The van der Waals surface area contributed by atoms with Gasteiger partial charge in [-0.15, -0.1) is 0 Å². The molecule has 1 unspecified atom stereocenters. The van der Waals surface area contributed by atoms with E-state index in [1.165, 1.54) is 0 Å². The number of hydrogen-bond donors (Lipinski definition) is 2. The molecule has 3 N–H and O–H groups in total. The number of rotatable bonds is 8. The first-order chi connectivity index (χ1) is 7.84. The van der Waals surface area contributed by atoms with Crippen molar-refractivity contribution in [3.8, 4) is 0 Å². The van der Waals surface area contributed by atoms with E-state index in [0.29, 0.717) is 6.42 Å². The first-order valence-corrected chi connectivity index (χ1v) is 7.84. The van der Waals surface area contributed by atoms with E-state index in [0.717, 1.165) is 6.42 Å². The van der Waals surface area contributed by atoms with Crippen LogP contribution in [0.25, 0.3) is 0 Å². The summed E-state index contributed by atoms with van der Waals surface area (Å²) in [6, 6.07) is 0. The second-order valence-corrected chi connectivity index (χ2v) is 6.72. The van der Waals surface area contributed by atoms with Crippen LogP contribution in [0.2, 0.25) is 0 Å². The number of carbonyl (C=O) groups is 1. The van der Waals surface area contributed by atoms with Crippen LogP contribution in [0.1, 0.15) is 26.7 Å². The van der Waals surface area contributed by atoms with Crippen LogP contribution in [-0.2, 0) is 14.6 Å². The van der Waals surface area contributed by atoms with Gasteiger partial charge < -0.3 is 11.1 Å². The van der Waals surface area contributed by atoms with Gasteiger partial charge in [0, 0.05) is 12.3 Å². The average molecular weight is 280 g/mol. The van der Waals surface area contributed by atoms with Gasteiger partial charge in [0.15, 0.2) is 9.84 Å². The van der Waals surface area contributed by atoms with Crippen LogP contribution in [0, 0.1) is 5.92 Å². The Balaban J connectivity index is 4.20. The molecule has 0 aromatic carbocycles. The maximum atomic E-state index is 11.7. The van der Waals surface area contributed by atoms with Crippen LogP contribution in [0.15, 0.2) is 0 Å². The van der Waals surface area contributed by atoms with Crippen molar-refractivity contribution in [2.24, 2.45) is 11.7 Å². The Morgan fingerprint density at radius 1 is 1.41 bits per heavy atom. The largest absolute Gasteiger partial charge is 0.393 e. The number of sulfone groups is 1. The van der Waals surface area contributed by atoms with Crippen LogP contribution >= 0.6 is 12.2 Å². The quantitative estimate of drug-likeness (QED) is 0.622. The third-order valence-electron chi connectivity index (χ3n) is 2.39. The minimum atomic E-state index is -3.05. The molecule has 0 rings (SSSR count). The second-order valence-electron chi connectivity index (χ2n) is 3.77. The molecule has 0 fully saturated rings. The molecular formula is C10H20N2O3S2. The minimum Gasteiger partial charge on any atom is -0.393 e. The Morgan fingerprint density at radius 3 is 2.41 bits per heavy atom. The smallest absolute Gasteiger partial charge is 0.229 e. The lowest BCUT2D eigenvalue weighted by atomic mass is 10.0. The van der Waals surface area contributed by atoms with Crippen LogP contribution < -0.4 is 11.1 Å². The molecule has 1 atom stereocenters. The molecule has 1 amide bonds. The van der Waals surface area contributed by atoms with Gasteiger partial charge in [-0.05, 0) is 6.42 Å². The lowest BCUT2D eigenvalue weighted by molar-refractivity contribution is -0.123. The highest BCUT2D eigenvalue weighted by molar-refractivity contribution is 7.91. The molecule has 0 radical (unpaired) electrons. The standard InChI is InChI=1S/C10H20N2O3S2/c1-3-5-8(9(11)16)10(13)12-6-7-17(14,15)4-2/h8H,3-7H2,1-2H3,(H2,11,16)(H,12,13). The fourth-order valence-electron chi connectivity index (χ4n) is 1.29. The van der Waals surface area contributed by atoms with Crippen molar-refractivity contribution in [1.29, 1.82) is 0 Å². The molecule has 100 valence electrons. The summed E-state index contributed by atoms with van der Waals surface area (Å²) in [7, 11) is -3.05. The van der Waals surface area contributed by atoms with Crippen LogP contribution in [0.5, 0.6) is 0 Å². The normalized spacial score (nSPS) is 13.1. The molecule has 0 aromatic heterocycles. The van der Waals surface area contributed by atoms with E-state index >= 15 is 0 Å². The zero-order valence-electron chi connectivity index (χ0n) is 10.2. The van der Waals surface area contributed by atoms with Gasteiger partial charge in [-0.2, -0.15) is 0 Å². The molecule has 0 saturated heterocycles. The Labute approximate surface area is 108 Å². The molecule has 17 heavy (non-hydrogen) atoms. The summed E-state index contributed by atoms with van der Waals surface area (Å²) in [6.07, 6.45) is 1.38. The number of thiocarbonyl (C=S) groups is 1. The van der Waals surface area contributed by atoms with Crippen molar-refractivity contribution in [2.75, 3.05) is 18.1 Å². The van der Waals surface area contributed by atoms with Crippen LogP contribution in [0.4, 0.5) is 0 Å². The van der Waals surface area contributed by atoms with E-state index in [9.17, 15) is 13.2 Å². The summed E-state index contributed by atoms with van der Waals surface area (Å²) in [4.78, 5) is 11.8. The molecule has 0 spiro atoms. The lowest BCUT2D eigenvalue weighted by Crippen LogP contribution is -2.39. The third-order valence-corrected chi connectivity index (χ3v) is 4.38. The highest BCUT2D eigenvalue weighted by atomic mass is 32.2. The molecule has 0 bridgehead atoms. The van der Waals surface area contributed by atoms with Gasteiger partial charge in [0.25, 0.3) is 0 Å². The van der Waals surface area contributed by atoms with Crippen molar-refractivity contribution >= 4 is 33.0 Å². The zero-order valence-corrected chi connectivity index (χ0v) is 11.9. The summed E-state index contributed by atoms with van der Waals surface area (Å²) in [5.74, 6) is -0.757. The molecule has 0 aliphatic carbocycles. The van der Waals surface area contributed by atoms with Crippen molar-refractivity contribution in [1.82, 2.24) is 5.32 Å². The van der Waals surface area contributed by atoms with Gasteiger partial charge in [0.2, 0.25) is 5.91 Å². The van der Waals surface area contributed by atoms with E-state index in [1.807, 2.05) is 6.92 Å². The van der Waals surface area contributed by atoms with Gasteiger partial charge in [0.1, 0.15) is 0 Å². The third kappa shape index (κ3) is 6.58. The number of nitrogens with one attached hydrogen (secondary N) is 1. The van der Waals surface area contributed by atoms with Gasteiger partial charge in [-0.1, -0.05) is 32.5 Å². The molecule has 0 aromatic rings. The van der Waals surface area contributed by atoms with E-state index in [-0.39, 0.29) is 28.9 Å². The lowest BCUT2D eigenvalue weighted by Gasteiger charge is -2.14. The SMILES string of the molecule is CCCC(C(=O)NCCS(=O)(=O)CC)C(N)=S. The van der Waals surface area contributed by atoms with Crippen molar-refractivity contribution < 1.29 is 13.2 Å². The number of amides is 1. The topological polar surface area (TPSA) is 89.3 Å². The van der Waals surface area contributed by atoms with Gasteiger partial charge in [-0.3, -0.25) is 4.79 Å². The fourth-order valence-corrected chi connectivity index (χ4v) is 2.22. The van der Waals surface area contributed by atoms with Crippen molar-refractivity contribution in [2.45, 2.75) is 26.7 Å². The Kier molecular flexibility index (Phi) is 7.29. The molecule has 7 heteroatoms. The average Bonchev–Trinajstić information content (AvgIpc) is 2.25. The molecule has 0 aliphatic heterocycles. The van der Waals surface area contributed by atoms with Crippen LogP contribution in [0.3, 0.4) is 0 Å². The molecular weight excluding hydrogens is 260 g/mol. The van der Waals surface area contributed by atoms with Crippen molar-refractivity contribution in [3.05, 3.63) is 0 Å². The number of carbonyl (C=O) groups excluding carboxylic acids is 1. The highest BCUT2D eigenvalue weighted by Gasteiger charge is 2.20. The van der Waals surface area contributed by atoms with E-state index in [4.69, 9.17) is 18.0 Å². The maximum Gasteiger partial charge on any atom is 0.229 e. The highest BCUT2D eigenvalue weighted by Crippen LogP contribution is 2.06. The van der Waals surface area contributed by atoms with Gasteiger partial charge in [-0.25, -0.2) is 8.42 Å². The predicted molar refractivity (Wildman–Crippen MR) is 72.5 cm³/mol. The predicted octanol–water partition coefficient (Wildman–Crippen LogP) is 0.240. The minimum absolute atomic E-state index is 0.0502. The summed E-state index contributed by atoms with van der Waals surface area (Å²) in [6.45, 7) is 3.62. The molecule has 0 aliphatic rings. The number of hydrogen-bond acceptors (Lipinski definition) is 4. The summed E-state index contributed by atoms with van der Waals surface area (Å²) < 4.78 is 22.4. The first kappa shape index (κ1) is 16.3. The van der Waals surface area contributed by atoms with Crippen molar-refractivity contribution in [3.63, 3.8) is 0 Å². The van der Waals surface area contributed by atoms with Gasteiger partial charge >= 0.3 is 0 Å². The van der Waals surface area contributed by atoms with Crippen LogP contribution in [-0.4, -0.2) is 37.4 Å². The van der Waals surface area contributed by atoms with E-state index < -0.39 is 15.8 Å². The summed E-state index contributed by atoms with van der Waals surface area (Å²) >= 11 is 4.80. The first-order valence-electron chi connectivity index (χ1n) is 5.61. The van der Waals surface area contributed by atoms with E-state index in [2.05, 4.69) is 5.32 Å². The summed E-state index contributed by atoms with van der Waals surface area (Å²) in [5, 5.41) is 2.55. The Hall–Kier alpha value is -0.690.